The van der Waals surface area contributed by atoms with Crippen LogP contribution < -0.4 is 4.90 Å². The summed E-state index contributed by atoms with van der Waals surface area (Å²) in [5, 5.41) is 0. The lowest BCUT2D eigenvalue weighted by Crippen LogP contribution is -2.23. The van der Waals surface area contributed by atoms with Crippen LogP contribution in [-0.4, -0.2) is 31.7 Å². The molecule has 16 heavy (non-hydrogen) atoms. The molecule has 1 heterocycles. The molecule has 0 spiro atoms. The topological polar surface area (TPSA) is 42.4 Å². The molecule has 0 saturated heterocycles. The Hall–Kier alpha value is -1.72. The highest BCUT2D eigenvalue weighted by atomic mass is 19.1. The zero-order chi connectivity index (χ0) is 12.1. The minimum atomic E-state index is -0.757. The zero-order valence-electron chi connectivity index (χ0n) is 9.04. The van der Waals surface area contributed by atoms with Crippen molar-refractivity contribution in [2.75, 3.05) is 25.6 Å². The van der Waals surface area contributed by atoms with Gasteiger partial charge in [-0.3, -0.25) is 4.79 Å². The smallest absolute Gasteiger partial charge is 0.307 e. The molecule has 0 aliphatic carbocycles. The molecule has 0 N–H and O–H groups in total. The lowest BCUT2D eigenvalue weighted by Gasteiger charge is -2.17. The molecule has 6 heteroatoms. The molecule has 0 radical (unpaired) electrons. The van der Waals surface area contributed by atoms with E-state index in [0.717, 1.165) is 12.3 Å². The van der Waals surface area contributed by atoms with E-state index < -0.39 is 17.6 Å². The van der Waals surface area contributed by atoms with Crippen LogP contribution in [0.4, 0.5) is 14.6 Å². The van der Waals surface area contributed by atoms with Gasteiger partial charge in [0.25, 0.3) is 0 Å². The van der Waals surface area contributed by atoms with Crippen LogP contribution in [0.25, 0.3) is 0 Å². The standard InChI is InChI=1S/C10H12F2N2O2/c1-14(4-3-9(15)16-2)10-8(12)5-7(11)6-13-10/h5-6H,3-4H2,1-2H3. The average molecular weight is 230 g/mol. The number of hydrogen-bond donors (Lipinski definition) is 0. The van der Waals surface area contributed by atoms with Gasteiger partial charge in [-0.05, 0) is 0 Å². The highest BCUT2D eigenvalue weighted by Gasteiger charge is 2.11. The molecule has 0 saturated carbocycles. The minimum Gasteiger partial charge on any atom is -0.469 e. The second-order valence-corrected chi connectivity index (χ2v) is 3.21. The van der Waals surface area contributed by atoms with E-state index in [4.69, 9.17) is 0 Å². The first kappa shape index (κ1) is 12.4. The van der Waals surface area contributed by atoms with Gasteiger partial charge in [-0.25, -0.2) is 13.8 Å². The number of esters is 1. The van der Waals surface area contributed by atoms with Crippen LogP contribution in [0.3, 0.4) is 0 Å². The fourth-order valence-electron chi connectivity index (χ4n) is 1.16. The lowest BCUT2D eigenvalue weighted by atomic mass is 10.3. The molecule has 1 aromatic heterocycles. The summed E-state index contributed by atoms with van der Waals surface area (Å²) in [7, 11) is 2.84. The van der Waals surface area contributed by atoms with Crippen molar-refractivity contribution in [2.45, 2.75) is 6.42 Å². The number of carbonyl (C=O) groups excluding carboxylic acids is 1. The number of anilines is 1. The van der Waals surface area contributed by atoms with Gasteiger partial charge in [-0.15, -0.1) is 0 Å². The first-order valence-electron chi connectivity index (χ1n) is 4.63. The summed E-state index contributed by atoms with van der Waals surface area (Å²) in [6.45, 7) is 0.252. The van der Waals surface area contributed by atoms with Crippen molar-refractivity contribution in [1.82, 2.24) is 4.98 Å². The summed E-state index contributed by atoms with van der Waals surface area (Å²) in [4.78, 5) is 15.9. The van der Waals surface area contributed by atoms with Crippen LogP contribution in [0.1, 0.15) is 6.42 Å². The number of carbonyl (C=O) groups is 1. The summed E-state index contributed by atoms with van der Waals surface area (Å²) in [5.41, 5.74) is 0. The van der Waals surface area contributed by atoms with Crippen molar-refractivity contribution in [3.63, 3.8) is 0 Å². The van der Waals surface area contributed by atoms with Crippen molar-refractivity contribution >= 4 is 11.8 Å². The van der Waals surface area contributed by atoms with Crippen LogP contribution in [0, 0.1) is 11.6 Å². The fourth-order valence-corrected chi connectivity index (χ4v) is 1.16. The quantitative estimate of drug-likeness (QED) is 0.732. The van der Waals surface area contributed by atoms with E-state index in [9.17, 15) is 13.6 Å². The number of methoxy groups -OCH3 is 1. The van der Waals surface area contributed by atoms with Gasteiger partial charge in [0, 0.05) is 19.7 Å². The Morgan fingerprint density at radius 1 is 1.56 bits per heavy atom. The summed E-state index contributed by atoms with van der Waals surface area (Å²) < 4.78 is 30.3. The van der Waals surface area contributed by atoms with Gasteiger partial charge in [0.1, 0.15) is 5.82 Å². The van der Waals surface area contributed by atoms with Gasteiger partial charge < -0.3 is 9.64 Å². The van der Waals surface area contributed by atoms with Gasteiger partial charge in [0.15, 0.2) is 11.6 Å². The van der Waals surface area contributed by atoms with Crippen LogP contribution in [-0.2, 0) is 9.53 Å². The number of nitrogens with zero attached hydrogens (tertiary/aromatic N) is 2. The Kier molecular flexibility index (Phi) is 4.16. The molecule has 88 valence electrons. The third-order valence-electron chi connectivity index (χ3n) is 2.03. The number of hydrogen-bond acceptors (Lipinski definition) is 4. The van der Waals surface area contributed by atoms with Gasteiger partial charge >= 0.3 is 5.97 Å². The van der Waals surface area contributed by atoms with Crippen LogP contribution in [0.5, 0.6) is 0 Å². The van der Waals surface area contributed by atoms with Gasteiger partial charge in [-0.2, -0.15) is 0 Å². The molecule has 0 aromatic carbocycles. The van der Waals surface area contributed by atoms with Gasteiger partial charge in [-0.1, -0.05) is 0 Å². The van der Waals surface area contributed by atoms with Crippen LogP contribution in [0.15, 0.2) is 12.3 Å². The Bertz CT molecular complexity index is 385. The molecular formula is C10H12F2N2O2. The molecule has 0 fully saturated rings. The maximum Gasteiger partial charge on any atom is 0.307 e. The van der Waals surface area contributed by atoms with E-state index in [1.807, 2.05) is 0 Å². The first-order chi connectivity index (χ1) is 7.54. The second-order valence-electron chi connectivity index (χ2n) is 3.21. The second kappa shape index (κ2) is 5.39. The van der Waals surface area contributed by atoms with E-state index in [0.29, 0.717) is 0 Å². The SMILES string of the molecule is COC(=O)CCN(C)c1ncc(F)cc1F. The molecule has 4 nitrogen and oxygen atoms in total. The Morgan fingerprint density at radius 2 is 2.25 bits per heavy atom. The highest BCUT2D eigenvalue weighted by molar-refractivity contribution is 5.69. The molecule has 1 aromatic rings. The molecule has 0 amide bonds. The van der Waals surface area contributed by atoms with E-state index in [1.54, 1.807) is 7.05 Å². The Labute approximate surface area is 91.8 Å². The van der Waals surface area contributed by atoms with Crippen molar-refractivity contribution < 1.29 is 18.3 Å². The molecule has 0 aliphatic heterocycles. The zero-order valence-corrected chi connectivity index (χ0v) is 9.04. The third kappa shape index (κ3) is 3.15. The van der Waals surface area contributed by atoms with E-state index in [2.05, 4.69) is 9.72 Å². The average Bonchev–Trinajstić information content (AvgIpc) is 2.25. The van der Waals surface area contributed by atoms with E-state index >= 15 is 0 Å². The van der Waals surface area contributed by atoms with Gasteiger partial charge in [0.05, 0.1) is 19.7 Å². The van der Waals surface area contributed by atoms with E-state index in [-0.39, 0.29) is 18.8 Å². The third-order valence-corrected chi connectivity index (χ3v) is 2.03. The van der Waals surface area contributed by atoms with Crippen LogP contribution in [0.2, 0.25) is 0 Å². The maximum atomic E-state index is 13.2. The largest absolute Gasteiger partial charge is 0.469 e. The highest BCUT2D eigenvalue weighted by Crippen LogP contribution is 2.15. The Balaban J connectivity index is 2.65. The summed E-state index contributed by atoms with van der Waals surface area (Å²) in [6.07, 6.45) is 1.04. The monoisotopic (exact) mass is 230 g/mol. The lowest BCUT2D eigenvalue weighted by molar-refractivity contribution is -0.140. The Morgan fingerprint density at radius 3 is 2.81 bits per heavy atom. The predicted octanol–water partition coefficient (Wildman–Crippen LogP) is 1.36. The number of ether oxygens (including phenoxy) is 1. The van der Waals surface area contributed by atoms with Crippen molar-refractivity contribution in [3.05, 3.63) is 23.9 Å². The van der Waals surface area contributed by atoms with E-state index in [1.165, 1.54) is 12.0 Å². The molecule has 0 bridgehead atoms. The van der Waals surface area contributed by atoms with Crippen molar-refractivity contribution in [1.29, 1.82) is 0 Å². The summed E-state index contributed by atoms with van der Waals surface area (Å²) in [5.74, 6) is -1.88. The minimum absolute atomic E-state index is 0.00491. The molecular weight excluding hydrogens is 218 g/mol. The van der Waals surface area contributed by atoms with Crippen molar-refractivity contribution in [2.24, 2.45) is 0 Å². The normalized spacial score (nSPS) is 10.0. The fraction of sp³-hybridized carbons (Fsp3) is 0.400. The summed E-state index contributed by atoms with van der Waals surface area (Å²) in [6, 6.07) is 0.747. The number of halogens is 2. The number of aromatic nitrogens is 1. The molecule has 0 aliphatic rings. The molecule has 0 atom stereocenters. The maximum absolute atomic E-state index is 13.2. The first-order valence-corrected chi connectivity index (χ1v) is 4.63. The van der Waals surface area contributed by atoms with Crippen LogP contribution >= 0.6 is 0 Å². The van der Waals surface area contributed by atoms with Gasteiger partial charge in [0.2, 0.25) is 0 Å². The predicted molar refractivity (Wildman–Crippen MR) is 54.1 cm³/mol. The number of pyridine rings is 1. The van der Waals surface area contributed by atoms with Crippen molar-refractivity contribution in [3.8, 4) is 0 Å². The molecule has 1 rings (SSSR count). The summed E-state index contributed by atoms with van der Waals surface area (Å²) >= 11 is 0. The molecule has 0 unspecified atom stereocenters. The number of rotatable bonds is 4.